The van der Waals surface area contributed by atoms with Gasteiger partial charge in [-0.05, 0) is 55.5 Å². The number of fused-ring (bicyclic) bond motifs is 1. The molecule has 0 atom stereocenters. The Morgan fingerprint density at radius 2 is 2.04 bits per heavy atom. The van der Waals surface area contributed by atoms with Crippen molar-refractivity contribution in [2.45, 2.75) is 25.7 Å². The van der Waals surface area contributed by atoms with Gasteiger partial charge in [0.1, 0.15) is 0 Å². The molecule has 1 saturated heterocycles. The summed E-state index contributed by atoms with van der Waals surface area (Å²) in [7, 11) is 0. The van der Waals surface area contributed by atoms with E-state index in [0.29, 0.717) is 11.5 Å². The number of likely N-dealkylation sites (tertiary alicyclic amines) is 1. The Morgan fingerprint density at radius 1 is 1.21 bits per heavy atom. The highest BCUT2D eigenvalue weighted by molar-refractivity contribution is 5.94. The molecule has 1 aromatic carbocycles. The number of piperidine rings is 1. The Balaban J connectivity index is 1.46. The van der Waals surface area contributed by atoms with E-state index < -0.39 is 0 Å². The van der Waals surface area contributed by atoms with E-state index in [-0.39, 0.29) is 5.91 Å². The van der Waals surface area contributed by atoms with Crippen LogP contribution in [0, 0.1) is 6.92 Å². The zero-order valence-corrected chi connectivity index (χ0v) is 13.8. The van der Waals surface area contributed by atoms with Gasteiger partial charge in [-0.15, -0.1) is 0 Å². The molecule has 4 heteroatoms. The Kier molecular flexibility index (Phi) is 3.81. The summed E-state index contributed by atoms with van der Waals surface area (Å²) in [4.78, 5) is 22.0. The molecule has 4 rings (SSSR count). The third-order valence-electron chi connectivity index (χ3n) is 4.93. The molecular weight excluding hydrogens is 298 g/mol. The lowest BCUT2D eigenvalue weighted by Crippen LogP contribution is -2.38. The first-order valence-electron chi connectivity index (χ1n) is 8.49. The smallest absolute Gasteiger partial charge is 0.255 e. The highest BCUT2D eigenvalue weighted by atomic mass is 16.2. The summed E-state index contributed by atoms with van der Waals surface area (Å²) in [6.07, 6.45) is 5.34. The van der Waals surface area contributed by atoms with E-state index >= 15 is 0 Å². The van der Waals surface area contributed by atoms with Gasteiger partial charge in [0.15, 0.2) is 0 Å². The van der Waals surface area contributed by atoms with Gasteiger partial charge >= 0.3 is 0 Å². The maximum atomic E-state index is 12.5. The Hall–Kier alpha value is -2.62. The van der Waals surface area contributed by atoms with Crippen LogP contribution in [0.15, 0.2) is 48.8 Å². The number of hydrogen-bond acceptors (Lipinski definition) is 2. The van der Waals surface area contributed by atoms with Gasteiger partial charge in [-0.25, -0.2) is 0 Å². The molecule has 0 spiro atoms. The summed E-state index contributed by atoms with van der Waals surface area (Å²) in [5.41, 5.74) is 4.45. The van der Waals surface area contributed by atoms with Crippen LogP contribution in [0.25, 0.3) is 10.9 Å². The maximum Gasteiger partial charge on any atom is 0.255 e. The highest BCUT2D eigenvalue weighted by Crippen LogP contribution is 2.30. The minimum absolute atomic E-state index is 0.0915. The molecule has 0 saturated carbocycles. The van der Waals surface area contributed by atoms with E-state index in [9.17, 15) is 4.79 Å². The zero-order chi connectivity index (χ0) is 16.5. The molecule has 0 aliphatic carbocycles. The minimum atomic E-state index is 0.0915. The van der Waals surface area contributed by atoms with Crippen LogP contribution in [-0.2, 0) is 0 Å². The second-order valence-corrected chi connectivity index (χ2v) is 6.62. The van der Waals surface area contributed by atoms with Gasteiger partial charge in [-0.3, -0.25) is 9.78 Å². The number of amides is 1. The number of aromatic amines is 1. The summed E-state index contributed by atoms with van der Waals surface area (Å²) in [5.74, 6) is 0.587. The molecule has 0 bridgehead atoms. The number of H-pyrrole nitrogens is 1. The number of hydrogen-bond donors (Lipinski definition) is 1. The lowest BCUT2D eigenvalue weighted by molar-refractivity contribution is 0.0712. The molecule has 3 aromatic rings. The first-order valence-corrected chi connectivity index (χ1v) is 8.49. The van der Waals surface area contributed by atoms with E-state index in [4.69, 9.17) is 0 Å². The van der Waals surface area contributed by atoms with E-state index in [0.717, 1.165) is 25.9 Å². The van der Waals surface area contributed by atoms with Crippen LogP contribution in [0.4, 0.5) is 0 Å². The number of aryl methyl sites for hydroxylation is 1. The largest absolute Gasteiger partial charge is 0.358 e. The first-order chi connectivity index (χ1) is 11.7. The molecule has 24 heavy (non-hydrogen) atoms. The van der Waals surface area contributed by atoms with Gasteiger partial charge in [0.05, 0.1) is 5.56 Å². The molecule has 1 amide bonds. The molecule has 0 unspecified atom stereocenters. The normalized spacial score (nSPS) is 15.8. The van der Waals surface area contributed by atoms with Crippen LogP contribution in [-0.4, -0.2) is 33.9 Å². The van der Waals surface area contributed by atoms with Crippen molar-refractivity contribution in [2.75, 3.05) is 13.1 Å². The summed E-state index contributed by atoms with van der Waals surface area (Å²) < 4.78 is 0. The highest BCUT2D eigenvalue weighted by Gasteiger charge is 2.25. The summed E-state index contributed by atoms with van der Waals surface area (Å²) in [5, 5.41) is 1.28. The van der Waals surface area contributed by atoms with Crippen LogP contribution in [0.5, 0.6) is 0 Å². The third-order valence-corrected chi connectivity index (χ3v) is 4.93. The Bertz CT molecular complexity index is 861. The van der Waals surface area contributed by atoms with Gasteiger partial charge < -0.3 is 9.88 Å². The van der Waals surface area contributed by atoms with E-state index in [1.165, 1.54) is 22.2 Å². The second-order valence-electron chi connectivity index (χ2n) is 6.62. The minimum Gasteiger partial charge on any atom is -0.358 e. The predicted molar refractivity (Wildman–Crippen MR) is 95.2 cm³/mol. The van der Waals surface area contributed by atoms with E-state index in [1.54, 1.807) is 12.4 Å². The molecule has 3 heterocycles. The Labute approximate surface area is 141 Å². The molecule has 1 N–H and O–H groups in total. The van der Waals surface area contributed by atoms with Gasteiger partial charge in [0.25, 0.3) is 5.91 Å². The summed E-state index contributed by atoms with van der Waals surface area (Å²) in [6, 6.07) is 12.4. The molecule has 1 aliphatic heterocycles. The lowest BCUT2D eigenvalue weighted by Gasteiger charge is -2.31. The molecule has 4 nitrogen and oxygen atoms in total. The van der Waals surface area contributed by atoms with Crippen molar-refractivity contribution >= 4 is 16.8 Å². The quantitative estimate of drug-likeness (QED) is 0.779. The summed E-state index contributed by atoms with van der Waals surface area (Å²) in [6.45, 7) is 3.72. The van der Waals surface area contributed by atoms with Crippen LogP contribution < -0.4 is 0 Å². The topological polar surface area (TPSA) is 49.0 Å². The van der Waals surface area contributed by atoms with Crippen LogP contribution >= 0.6 is 0 Å². The fourth-order valence-electron chi connectivity index (χ4n) is 3.56. The number of nitrogens with one attached hydrogen (secondary N) is 1. The number of nitrogens with zero attached hydrogens (tertiary/aromatic N) is 2. The van der Waals surface area contributed by atoms with Gasteiger partial charge in [-0.2, -0.15) is 0 Å². The molecule has 1 aliphatic rings. The van der Waals surface area contributed by atoms with Crippen LogP contribution in [0.2, 0.25) is 0 Å². The molecule has 122 valence electrons. The molecular formula is C20H21N3O. The van der Waals surface area contributed by atoms with Crippen LogP contribution in [0.3, 0.4) is 0 Å². The van der Waals surface area contributed by atoms with Crippen molar-refractivity contribution in [3.05, 3.63) is 65.6 Å². The third kappa shape index (κ3) is 2.80. The fourth-order valence-corrected chi connectivity index (χ4v) is 3.56. The average Bonchev–Trinajstić information content (AvgIpc) is 3.05. The predicted octanol–water partition coefficient (Wildman–Crippen LogP) is 3.89. The van der Waals surface area contributed by atoms with Crippen molar-refractivity contribution in [3.63, 3.8) is 0 Å². The van der Waals surface area contributed by atoms with Crippen molar-refractivity contribution in [3.8, 4) is 0 Å². The molecule has 2 aromatic heterocycles. The molecule has 1 fully saturated rings. The van der Waals surface area contributed by atoms with E-state index in [1.807, 2.05) is 17.0 Å². The van der Waals surface area contributed by atoms with Crippen LogP contribution in [0.1, 0.15) is 40.4 Å². The zero-order valence-electron chi connectivity index (χ0n) is 13.8. The van der Waals surface area contributed by atoms with E-state index in [2.05, 4.69) is 41.2 Å². The number of rotatable bonds is 2. The summed E-state index contributed by atoms with van der Waals surface area (Å²) >= 11 is 0. The van der Waals surface area contributed by atoms with Crippen molar-refractivity contribution in [1.82, 2.24) is 14.9 Å². The first kappa shape index (κ1) is 14.9. The maximum absolute atomic E-state index is 12.5. The van der Waals surface area contributed by atoms with Gasteiger partial charge in [0.2, 0.25) is 0 Å². The fraction of sp³-hybridized carbons (Fsp3) is 0.300. The number of aromatic nitrogens is 2. The van der Waals surface area contributed by atoms with Crippen molar-refractivity contribution in [2.24, 2.45) is 0 Å². The van der Waals surface area contributed by atoms with Gasteiger partial charge in [-0.1, -0.05) is 11.6 Å². The Morgan fingerprint density at radius 3 is 2.79 bits per heavy atom. The second kappa shape index (κ2) is 6.11. The SMILES string of the molecule is Cc1ccc2[nH]c(C3CCN(C(=O)c4cccnc4)CC3)cc2c1. The molecule has 0 radical (unpaired) electrons. The van der Waals surface area contributed by atoms with Crippen molar-refractivity contribution in [1.29, 1.82) is 0 Å². The number of pyridine rings is 1. The average molecular weight is 319 g/mol. The number of carbonyl (C=O) groups is 1. The number of carbonyl (C=O) groups excluding carboxylic acids is 1. The lowest BCUT2D eigenvalue weighted by atomic mass is 9.93. The van der Waals surface area contributed by atoms with Gasteiger partial charge in [0, 0.05) is 42.6 Å². The monoisotopic (exact) mass is 319 g/mol. The standard InChI is InChI=1S/C20H21N3O/c1-14-4-5-18-17(11-14)12-19(22-18)15-6-9-23(10-7-15)20(24)16-3-2-8-21-13-16/h2-5,8,11-13,15,22H,6-7,9-10H2,1H3. The number of benzene rings is 1. The van der Waals surface area contributed by atoms with Crippen molar-refractivity contribution < 1.29 is 4.79 Å².